The van der Waals surface area contributed by atoms with Crippen LogP contribution in [0.15, 0.2) is 22.3 Å². The van der Waals surface area contributed by atoms with Gasteiger partial charge in [-0.2, -0.15) is 0 Å². The summed E-state index contributed by atoms with van der Waals surface area (Å²) < 4.78 is 11.7. The fraction of sp³-hybridized carbons (Fsp3) is 0.333. The van der Waals surface area contributed by atoms with Gasteiger partial charge in [0.1, 0.15) is 5.70 Å². The fourth-order valence-corrected chi connectivity index (χ4v) is 2.98. The third-order valence-corrected chi connectivity index (χ3v) is 4.43. The molecule has 1 aromatic carbocycles. The lowest BCUT2D eigenvalue weighted by Gasteiger charge is -2.13. The molecule has 0 unspecified atom stereocenters. The van der Waals surface area contributed by atoms with Crippen LogP contribution in [0.25, 0.3) is 6.08 Å². The summed E-state index contributed by atoms with van der Waals surface area (Å²) in [4.78, 5) is 15.3. The molecule has 1 aliphatic rings. The molecule has 1 saturated heterocycles. The zero-order chi connectivity index (χ0) is 16.4. The Labute approximate surface area is 143 Å². The molecule has 0 aromatic heterocycles. The number of carbonyl (C=O) groups is 1. The van der Waals surface area contributed by atoms with E-state index < -0.39 is 0 Å². The van der Waals surface area contributed by atoms with Crippen LogP contribution in [0.1, 0.15) is 12.5 Å². The minimum Gasteiger partial charge on any atom is -0.492 e. The molecule has 0 radical (unpaired) electrons. The standard InChI is InChI=1S/C15H17BrN2O3S/c1-5-21-12-8-9(6-10(16)13(12)20-4)7-11-14(19)18(3)15(22)17(11)2/h6-8H,5H2,1-4H3. The lowest BCUT2D eigenvalue weighted by molar-refractivity contribution is -0.121. The smallest absolute Gasteiger partial charge is 0.276 e. The lowest BCUT2D eigenvalue weighted by Crippen LogP contribution is -2.26. The van der Waals surface area contributed by atoms with Gasteiger partial charge in [-0.1, -0.05) is 0 Å². The predicted octanol–water partition coefficient (Wildman–Crippen LogP) is 2.89. The van der Waals surface area contributed by atoms with E-state index in [1.807, 2.05) is 19.1 Å². The molecule has 2 rings (SSSR count). The summed E-state index contributed by atoms with van der Waals surface area (Å²) in [6.45, 7) is 2.43. The molecule has 0 spiro atoms. The maximum atomic E-state index is 12.2. The van der Waals surface area contributed by atoms with E-state index in [4.69, 9.17) is 21.7 Å². The zero-order valence-corrected chi connectivity index (χ0v) is 15.2. The topological polar surface area (TPSA) is 42.0 Å². The summed E-state index contributed by atoms with van der Waals surface area (Å²) in [5.41, 5.74) is 1.34. The van der Waals surface area contributed by atoms with Crippen LogP contribution >= 0.6 is 28.1 Å². The van der Waals surface area contributed by atoms with Crippen LogP contribution in [0.2, 0.25) is 0 Å². The van der Waals surface area contributed by atoms with Crippen LogP contribution in [0, 0.1) is 0 Å². The van der Waals surface area contributed by atoms with Crippen LogP contribution in [-0.2, 0) is 4.79 Å². The van der Waals surface area contributed by atoms with Crippen molar-refractivity contribution in [3.8, 4) is 11.5 Å². The molecule has 0 saturated carbocycles. The van der Waals surface area contributed by atoms with E-state index >= 15 is 0 Å². The van der Waals surface area contributed by atoms with E-state index in [2.05, 4.69) is 15.9 Å². The van der Waals surface area contributed by atoms with Gasteiger partial charge in [-0.15, -0.1) is 0 Å². The highest BCUT2D eigenvalue weighted by Crippen LogP contribution is 2.37. The largest absolute Gasteiger partial charge is 0.492 e. The van der Waals surface area contributed by atoms with Crippen LogP contribution in [0.5, 0.6) is 11.5 Å². The Morgan fingerprint density at radius 2 is 2.00 bits per heavy atom. The second-order valence-electron chi connectivity index (χ2n) is 4.70. The number of nitrogens with zero attached hydrogens (tertiary/aromatic N) is 2. The molecule has 118 valence electrons. The first-order valence-corrected chi connectivity index (χ1v) is 7.88. The number of amides is 1. The highest BCUT2D eigenvalue weighted by molar-refractivity contribution is 9.10. The van der Waals surface area contributed by atoms with E-state index in [-0.39, 0.29) is 5.91 Å². The average Bonchev–Trinajstić information content (AvgIpc) is 2.65. The Hall–Kier alpha value is -1.60. The molecule has 1 amide bonds. The van der Waals surface area contributed by atoms with Gasteiger partial charge < -0.3 is 14.4 Å². The number of thiocarbonyl (C=S) groups is 1. The third-order valence-electron chi connectivity index (χ3n) is 3.30. The van der Waals surface area contributed by atoms with Gasteiger partial charge in [0.15, 0.2) is 16.6 Å². The zero-order valence-electron chi connectivity index (χ0n) is 12.8. The van der Waals surface area contributed by atoms with Crippen LogP contribution < -0.4 is 9.47 Å². The van der Waals surface area contributed by atoms with Gasteiger partial charge in [0.25, 0.3) is 5.91 Å². The van der Waals surface area contributed by atoms with Crippen molar-refractivity contribution in [3.63, 3.8) is 0 Å². The summed E-state index contributed by atoms with van der Waals surface area (Å²) in [5.74, 6) is 1.12. The van der Waals surface area contributed by atoms with E-state index in [0.717, 1.165) is 10.0 Å². The van der Waals surface area contributed by atoms with Crippen LogP contribution in [-0.4, -0.2) is 48.6 Å². The number of benzene rings is 1. The van der Waals surface area contributed by atoms with Gasteiger partial charge in [0.05, 0.1) is 18.2 Å². The number of carbonyl (C=O) groups excluding carboxylic acids is 1. The van der Waals surface area contributed by atoms with E-state index in [9.17, 15) is 4.79 Å². The first-order valence-electron chi connectivity index (χ1n) is 6.68. The Morgan fingerprint density at radius 3 is 2.50 bits per heavy atom. The summed E-state index contributed by atoms with van der Waals surface area (Å²) in [6, 6.07) is 3.71. The minimum atomic E-state index is -0.127. The average molecular weight is 385 g/mol. The second kappa shape index (κ2) is 6.66. The second-order valence-corrected chi connectivity index (χ2v) is 5.92. The maximum absolute atomic E-state index is 12.2. The van der Waals surface area contributed by atoms with Crippen molar-refractivity contribution >= 4 is 45.2 Å². The molecule has 1 aliphatic heterocycles. The Morgan fingerprint density at radius 1 is 1.32 bits per heavy atom. The number of likely N-dealkylation sites (N-methyl/N-ethyl adjacent to an activating group) is 2. The van der Waals surface area contributed by atoms with Crippen molar-refractivity contribution < 1.29 is 14.3 Å². The lowest BCUT2D eigenvalue weighted by atomic mass is 10.1. The number of halogens is 1. The number of rotatable bonds is 4. The van der Waals surface area contributed by atoms with Crippen LogP contribution in [0.3, 0.4) is 0 Å². The SMILES string of the molecule is CCOc1cc(C=C2C(=O)N(C)C(=S)N2C)cc(Br)c1OC. The van der Waals surface area contributed by atoms with Crippen molar-refractivity contribution in [3.05, 3.63) is 27.9 Å². The van der Waals surface area contributed by atoms with Gasteiger partial charge in [0, 0.05) is 14.1 Å². The third kappa shape index (κ3) is 2.96. The van der Waals surface area contributed by atoms with Gasteiger partial charge in [0.2, 0.25) is 0 Å². The summed E-state index contributed by atoms with van der Waals surface area (Å²) in [7, 11) is 5.03. The van der Waals surface area contributed by atoms with E-state index in [1.165, 1.54) is 4.90 Å². The minimum absolute atomic E-state index is 0.127. The first-order chi connectivity index (χ1) is 10.4. The van der Waals surface area contributed by atoms with Crippen LogP contribution in [0.4, 0.5) is 0 Å². The molecule has 0 N–H and O–H groups in total. The number of methoxy groups -OCH3 is 1. The molecule has 0 bridgehead atoms. The van der Waals surface area contributed by atoms with E-state index in [1.54, 1.807) is 32.2 Å². The van der Waals surface area contributed by atoms with Gasteiger partial charge in [-0.25, -0.2) is 0 Å². The van der Waals surface area contributed by atoms with Crippen molar-refractivity contribution in [2.45, 2.75) is 6.92 Å². The van der Waals surface area contributed by atoms with Crippen molar-refractivity contribution in [1.82, 2.24) is 9.80 Å². The summed E-state index contributed by atoms with van der Waals surface area (Å²) >= 11 is 8.67. The van der Waals surface area contributed by atoms with E-state index in [0.29, 0.717) is 28.9 Å². The Kier molecular flexibility index (Phi) is 5.08. The molecule has 22 heavy (non-hydrogen) atoms. The Balaban J connectivity index is 2.48. The number of hydrogen-bond donors (Lipinski definition) is 0. The highest BCUT2D eigenvalue weighted by atomic mass is 79.9. The fourth-order valence-electron chi connectivity index (χ4n) is 2.18. The molecule has 0 aliphatic carbocycles. The molecular weight excluding hydrogens is 368 g/mol. The molecule has 5 nitrogen and oxygen atoms in total. The molecule has 7 heteroatoms. The predicted molar refractivity (Wildman–Crippen MR) is 93.0 cm³/mol. The highest BCUT2D eigenvalue weighted by Gasteiger charge is 2.32. The summed E-state index contributed by atoms with van der Waals surface area (Å²) in [5, 5.41) is 0.480. The Bertz CT molecular complexity index is 660. The van der Waals surface area contributed by atoms with Crippen molar-refractivity contribution in [2.24, 2.45) is 0 Å². The summed E-state index contributed by atoms with van der Waals surface area (Å²) in [6.07, 6.45) is 1.78. The monoisotopic (exact) mass is 384 g/mol. The van der Waals surface area contributed by atoms with Crippen molar-refractivity contribution in [2.75, 3.05) is 27.8 Å². The quantitative estimate of drug-likeness (QED) is 0.589. The van der Waals surface area contributed by atoms with Gasteiger partial charge in [-0.05, 0) is 58.8 Å². The van der Waals surface area contributed by atoms with Crippen molar-refractivity contribution in [1.29, 1.82) is 0 Å². The molecule has 0 atom stereocenters. The number of ether oxygens (including phenoxy) is 2. The first kappa shape index (κ1) is 16.8. The molecule has 1 aromatic rings. The van der Waals surface area contributed by atoms with Gasteiger partial charge >= 0.3 is 0 Å². The maximum Gasteiger partial charge on any atom is 0.276 e. The normalized spacial score (nSPS) is 16.7. The van der Waals surface area contributed by atoms with Gasteiger partial charge in [-0.3, -0.25) is 9.69 Å². The molecule has 1 heterocycles. The molecule has 1 fully saturated rings. The molecular formula is C15H17BrN2O3S. The number of hydrogen-bond acceptors (Lipinski definition) is 4.